The third-order valence-corrected chi connectivity index (χ3v) is 3.07. The number of rotatable bonds is 3. The van der Waals surface area contributed by atoms with E-state index in [2.05, 4.69) is 15.3 Å². The van der Waals surface area contributed by atoms with Crippen LogP contribution in [0.5, 0.6) is 0 Å². The van der Waals surface area contributed by atoms with Crippen LogP contribution in [-0.2, 0) is 0 Å². The molecule has 1 atom stereocenters. The molecule has 0 aliphatic heterocycles. The molecular weight excluding hydrogens is 262 g/mol. The summed E-state index contributed by atoms with van der Waals surface area (Å²) in [5.41, 5.74) is 0.816. The van der Waals surface area contributed by atoms with Crippen molar-refractivity contribution >= 4 is 28.3 Å². The summed E-state index contributed by atoms with van der Waals surface area (Å²) in [6.07, 6.45) is 1.65. The summed E-state index contributed by atoms with van der Waals surface area (Å²) >= 11 is 5.95. The van der Waals surface area contributed by atoms with Gasteiger partial charge in [-0.05, 0) is 42.8 Å². The first kappa shape index (κ1) is 12.0. The van der Waals surface area contributed by atoms with Crippen molar-refractivity contribution in [2.75, 3.05) is 5.32 Å². The predicted molar refractivity (Wildman–Crippen MR) is 75.3 cm³/mol. The van der Waals surface area contributed by atoms with E-state index in [1.807, 2.05) is 43.3 Å². The Morgan fingerprint density at radius 3 is 2.79 bits per heavy atom. The van der Waals surface area contributed by atoms with Crippen LogP contribution in [0.4, 0.5) is 5.82 Å². The second-order valence-electron chi connectivity index (χ2n) is 4.24. The van der Waals surface area contributed by atoms with Crippen molar-refractivity contribution in [1.29, 1.82) is 0 Å². The van der Waals surface area contributed by atoms with Crippen molar-refractivity contribution in [1.82, 2.24) is 9.97 Å². The second-order valence-corrected chi connectivity index (χ2v) is 4.58. The zero-order valence-corrected chi connectivity index (χ0v) is 11.1. The summed E-state index contributed by atoms with van der Waals surface area (Å²) in [5, 5.41) is 4.46. The highest BCUT2D eigenvalue weighted by Crippen LogP contribution is 2.25. The Morgan fingerprint density at radius 2 is 2.00 bits per heavy atom. The molecule has 1 unspecified atom stereocenters. The van der Waals surface area contributed by atoms with Gasteiger partial charge in [-0.1, -0.05) is 12.1 Å². The van der Waals surface area contributed by atoms with Gasteiger partial charge in [-0.2, -0.15) is 0 Å². The highest BCUT2D eigenvalue weighted by molar-refractivity contribution is 6.28. The van der Waals surface area contributed by atoms with Crippen LogP contribution in [0, 0.1) is 0 Å². The van der Waals surface area contributed by atoms with E-state index >= 15 is 0 Å². The molecule has 0 spiro atoms. The van der Waals surface area contributed by atoms with Crippen LogP contribution in [0.3, 0.4) is 0 Å². The average Bonchev–Trinajstić information content (AvgIpc) is 2.92. The summed E-state index contributed by atoms with van der Waals surface area (Å²) in [4.78, 5) is 8.45. The zero-order chi connectivity index (χ0) is 13.2. The molecular formula is C14H12ClN3O. The molecule has 3 aromatic rings. The first-order chi connectivity index (χ1) is 9.24. The lowest BCUT2D eigenvalue weighted by Crippen LogP contribution is -2.08. The van der Waals surface area contributed by atoms with Crippen LogP contribution in [0.25, 0.3) is 10.9 Å². The van der Waals surface area contributed by atoms with Crippen molar-refractivity contribution in [3.63, 3.8) is 0 Å². The molecule has 0 saturated heterocycles. The molecule has 5 heteroatoms. The quantitative estimate of drug-likeness (QED) is 0.732. The van der Waals surface area contributed by atoms with Crippen molar-refractivity contribution in [2.24, 2.45) is 0 Å². The maximum atomic E-state index is 5.95. The molecule has 0 radical (unpaired) electrons. The Morgan fingerprint density at radius 1 is 1.16 bits per heavy atom. The number of benzene rings is 1. The molecule has 19 heavy (non-hydrogen) atoms. The lowest BCUT2D eigenvalue weighted by molar-refractivity contribution is 0.490. The maximum absolute atomic E-state index is 5.95. The first-order valence-corrected chi connectivity index (χ1v) is 6.34. The van der Waals surface area contributed by atoms with Crippen LogP contribution in [0.15, 0.2) is 47.1 Å². The number of nitrogens with one attached hydrogen (secondary N) is 1. The zero-order valence-electron chi connectivity index (χ0n) is 10.3. The minimum absolute atomic E-state index is 0.00405. The van der Waals surface area contributed by atoms with E-state index in [1.165, 1.54) is 0 Å². The normalized spacial score (nSPS) is 12.5. The Labute approximate surface area is 115 Å². The summed E-state index contributed by atoms with van der Waals surface area (Å²) in [7, 11) is 0. The number of hydrogen-bond donors (Lipinski definition) is 1. The SMILES string of the molecule is CC(Nc1nc(Cl)nc2ccccc12)c1ccco1. The summed E-state index contributed by atoms with van der Waals surface area (Å²) in [6.45, 7) is 2.00. The number of nitrogens with zero attached hydrogens (tertiary/aromatic N) is 2. The maximum Gasteiger partial charge on any atom is 0.224 e. The van der Waals surface area contributed by atoms with Crippen LogP contribution in [-0.4, -0.2) is 9.97 Å². The van der Waals surface area contributed by atoms with Crippen molar-refractivity contribution in [2.45, 2.75) is 13.0 Å². The van der Waals surface area contributed by atoms with Crippen molar-refractivity contribution in [3.05, 3.63) is 53.7 Å². The number of anilines is 1. The minimum atomic E-state index is 0.00405. The van der Waals surface area contributed by atoms with Gasteiger partial charge < -0.3 is 9.73 Å². The van der Waals surface area contributed by atoms with E-state index in [-0.39, 0.29) is 11.3 Å². The van der Waals surface area contributed by atoms with Crippen LogP contribution >= 0.6 is 11.6 Å². The lowest BCUT2D eigenvalue weighted by atomic mass is 10.2. The van der Waals surface area contributed by atoms with Gasteiger partial charge in [0, 0.05) is 5.39 Å². The summed E-state index contributed by atoms with van der Waals surface area (Å²) in [5.74, 6) is 1.55. The minimum Gasteiger partial charge on any atom is -0.467 e. The van der Waals surface area contributed by atoms with Gasteiger partial charge in [-0.15, -0.1) is 0 Å². The van der Waals surface area contributed by atoms with E-state index in [0.717, 1.165) is 16.7 Å². The third-order valence-electron chi connectivity index (χ3n) is 2.90. The summed E-state index contributed by atoms with van der Waals surface area (Å²) in [6, 6.07) is 11.5. The lowest BCUT2D eigenvalue weighted by Gasteiger charge is -2.13. The van der Waals surface area contributed by atoms with Crippen molar-refractivity contribution in [3.8, 4) is 0 Å². The van der Waals surface area contributed by atoms with Gasteiger partial charge in [0.15, 0.2) is 0 Å². The highest BCUT2D eigenvalue weighted by atomic mass is 35.5. The molecule has 0 fully saturated rings. The number of furan rings is 1. The van der Waals surface area contributed by atoms with Crippen molar-refractivity contribution < 1.29 is 4.42 Å². The molecule has 2 heterocycles. The van der Waals surface area contributed by atoms with E-state index in [4.69, 9.17) is 16.0 Å². The van der Waals surface area contributed by atoms with Gasteiger partial charge in [0.1, 0.15) is 11.6 Å². The Kier molecular flexibility index (Phi) is 3.09. The van der Waals surface area contributed by atoms with E-state index < -0.39 is 0 Å². The molecule has 2 aromatic heterocycles. The van der Waals surface area contributed by atoms with E-state index in [1.54, 1.807) is 6.26 Å². The van der Waals surface area contributed by atoms with Crippen LogP contribution in [0.1, 0.15) is 18.7 Å². The molecule has 0 aliphatic carbocycles. The Balaban J connectivity index is 2.00. The smallest absolute Gasteiger partial charge is 0.224 e. The fourth-order valence-electron chi connectivity index (χ4n) is 1.97. The molecule has 0 saturated carbocycles. The number of aromatic nitrogens is 2. The number of halogens is 1. The van der Waals surface area contributed by atoms with Gasteiger partial charge in [-0.3, -0.25) is 0 Å². The van der Waals surface area contributed by atoms with Gasteiger partial charge >= 0.3 is 0 Å². The number of para-hydroxylation sites is 1. The van der Waals surface area contributed by atoms with Gasteiger partial charge in [0.25, 0.3) is 0 Å². The third kappa shape index (κ3) is 2.39. The van der Waals surface area contributed by atoms with Crippen LogP contribution in [0.2, 0.25) is 5.28 Å². The molecule has 1 N–H and O–H groups in total. The molecule has 1 aromatic carbocycles. The number of hydrogen-bond acceptors (Lipinski definition) is 4. The monoisotopic (exact) mass is 273 g/mol. The second kappa shape index (κ2) is 4.90. The standard InChI is InChI=1S/C14H12ClN3O/c1-9(12-7-4-8-19-12)16-13-10-5-2-3-6-11(10)17-14(15)18-13/h2-9H,1H3,(H,16,17,18). The fourth-order valence-corrected chi connectivity index (χ4v) is 2.15. The van der Waals surface area contributed by atoms with Gasteiger partial charge in [-0.25, -0.2) is 9.97 Å². The fraction of sp³-hybridized carbons (Fsp3) is 0.143. The molecule has 0 bridgehead atoms. The first-order valence-electron chi connectivity index (χ1n) is 5.96. The molecule has 0 aliphatic rings. The van der Waals surface area contributed by atoms with Crippen LogP contribution < -0.4 is 5.32 Å². The topological polar surface area (TPSA) is 51.0 Å². The molecule has 4 nitrogen and oxygen atoms in total. The van der Waals surface area contributed by atoms with Gasteiger partial charge in [0.05, 0.1) is 17.8 Å². The largest absolute Gasteiger partial charge is 0.467 e. The van der Waals surface area contributed by atoms with Gasteiger partial charge in [0.2, 0.25) is 5.28 Å². The highest BCUT2D eigenvalue weighted by Gasteiger charge is 2.12. The van der Waals surface area contributed by atoms with E-state index in [0.29, 0.717) is 5.82 Å². The molecule has 3 rings (SSSR count). The number of fused-ring (bicyclic) bond motifs is 1. The predicted octanol–water partition coefficient (Wildman–Crippen LogP) is 4.05. The summed E-state index contributed by atoms with van der Waals surface area (Å²) < 4.78 is 5.37. The molecule has 0 amide bonds. The Hall–Kier alpha value is -2.07. The Bertz CT molecular complexity index is 697. The molecule has 96 valence electrons. The average molecular weight is 274 g/mol. The van der Waals surface area contributed by atoms with E-state index in [9.17, 15) is 0 Å².